The molecule has 0 fully saturated rings. The predicted molar refractivity (Wildman–Crippen MR) is 95.6 cm³/mol. The Balaban J connectivity index is 1.66. The van der Waals surface area contributed by atoms with Gasteiger partial charge in [-0.3, -0.25) is 9.59 Å². The van der Waals surface area contributed by atoms with Gasteiger partial charge in [-0.05, 0) is 35.9 Å². The van der Waals surface area contributed by atoms with Gasteiger partial charge in [-0.1, -0.05) is 12.1 Å². The van der Waals surface area contributed by atoms with Crippen LogP contribution in [0.3, 0.4) is 0 Å². The first-order valence-electron chi connectivity index (χ1n) is 7.74. The lowest BCUT2D eigenvalue weighted by molar-refractivity contribution is -0.115. The summed E-state index contributed by atoms with van der Waals surface area (Å²) in [4.78, 5) is 23.4. The zero-order valence-corrected chi connectivity index (χ0v) is 14.7. The van der Waals surface area contributed by atoms with Crippen LogP contribution < -0.4 is 20.1 Å². The minimum absolute atomic E-state index is 0.00200. The number of carbonyl (C=O) groups is 2. The van der Waals surface area contributed by atoms with E-state index in [1.54, 1.807) is 24.3 Å². The van der Waals surface area contributed by atoms with Gasteiger partial charge in [-0.15, -0.1) is 0 Å². The molecule has 0 aliphatic carbocycles. The van der Waals surface area contributed by atoms with Crippen LogP contribution in [0.25, 0.3) is 0 Å². The number of hydrogen-bond acceptors (Lipinski definition) is 5. The Kier molecular flexibility index (Phi) is 4.92. The van der Waals surface area contributed by atoms with E-state index in [0.29, 0.717) is 22.7 Å². The van der Waals surface area contributed by atoms with Crippen molar-refractivity contribution in [3.8, 4) is 5.75 Å². The van der Waals surface area contributed by atoms with Crippen LogP contribution in [0.2, 0.25) is 0 Å². The standard InChI is InChI=1S/C17H17N3O5S/c1-25-15-5-3-2-4-14(15)20-17(22)10-18-26(23,24)12-6-7-13-11(8-12)9-16(21)19-13/h2-8,18H,9-10H2,1H3,(H,19,21)(H,20,22). The zero-order valence-electron chi connectivity index (χ0n) is 13.9. The molecule has 0 saturated carbocycles. The second kappa shape index (κ2) is 7.14. The Morgan fingerprint density at radius 3 is 2.77 bits per heavy atom. The van der Waals surface area contributed by atoms with Crippen LogP contribution >= 0.6 is 0 Å². The number of amides is 2. The van der Waals surface area contributed by atoms with E-state index in [9.17, 15) is 18.0 Å². The van der Waals surface area contributed by atoms with Crippen LogP contribution in [-0.2, 0) is 26.0 Å². The summed E-state index contributed by atoms with van der Waals surface area (Å²) in [5, 5.41) is 5.22. The van der Waals surface area contributed by atoms with Gasteiger partial charge in [0.25, 0.3) is 0 Å². The Morgan fingerprint density at radius 2 is 2.00 bits per heavy atom. The van der Waals surface area contributed by atoms with Gasteiger partial charge in [0.1, 0.15) is 5.75 Å². The summed E-state index contributed by atoms with van der Waals surface area (Å²) in [5.74, 6) is -0.241. The van der Waals surface area contributed by atoms with Gasteiger partial charge in [0, 0.05) is 5.69 Å². The number of sulfonamides is 1. The second-order valence-corrected chi connectivity index (χ2v) is 7.38. The van der Waals surface area contributed by atoms with Crippen molar-refractivity contribution in [1.82, 2.24) is 4.72 Å². The lowest BCUT2D eigenvalue weighted by atomic mass is 10.2. The highest BCUT2D eigenvalue weighted by Gasteiger charge is 2.22. The summed E-state index contributed by atoms with van der Waals surface area (Å²) >= 11 is 0. The number of ether oxygens (including phenoxy) is 1. The minimum Gasteiger partial charge on any atom is -0.495 e. The van der Waals surface area contributed by atoms with Gasteiger partial charge in [0.15, 0.2) is 0 Å². The van der Waals surface area contributed by atoms with Crippen LogP contribution in [0.4, 0.5) is 11.4 Å². The van der Waals surface area contributed by atoms with Crippen LogP contribution in [0.1, 0.15) is 5.56 Å². The molecule has 26 heavy (non-hydrogen) atoms. The molecule has 9 heteroatoms. The number of nitrogens with one attached hydrogen (secondary N) is 3. The first-order chi connectivity index (χ1) is 12.4. The topological polar surface area (TPSA) is 114 Å². The number of anilines is 2. The average molecular weight is 375 g/mol. The Bertz CT molecular complexity index is 972. The lowest BCUT2D eigenvalue weighted by Crippen LogP contribution is -2.33. The number of para-hydroxylation sites is 2. The summed E-state index contributed by atoms with van der Waals surface area (Å²) in [7, 11) is -2.41. The average Bonchev–Trinajstić information content (AvgIpc) is 2.99. The molecular weight excluding hydrogens is 358 g/mol. The quantitative estimate of drug-likeness (QED) is 0.700. The first kappa shape index (κ1) is 17.9. The fourth-order valence-corrected chi connectivity index (χ4v) is 3.59. The van der Waals surface area contributed by atoms with Crippen molar-refractivity contribution in [2.75, 3.05) is 24.3 Å². The molecular formula is C17H17N3O5S. The smallest absolute Gasteiger partial charge is 0.241 e. The molecule has 0 unspecified atom stereocenters. The number of hydrogen-bond donors (Lipinski definition) is 3. The highest BCUT2D eigenvalue weighted by molar-refractivity contribution is 7.89. The number of methoxy groups -OCH3 is 1. The number of benzene rings is 2. The van der Waals surface area contributed by atoms with Gasteiger partial charge >= 0.3 is 0 Å². The van der Waals surface area contributed by atoms with Crippen molar-refractivity contribution in [3.05, 3.63) is 48.0 Å². The predicted octanol–water partition coefficient (Wildman–Crippen LogP) is 1.11. The molecule has 3 rings (SSSR count). The molecule has 1 aliphatic heterocycles. The van der Waals surface area contributed by atoms with Crippen molar-refractivity contribution in [1.29, 1.82) is 0 Å². The van der Waals surface area contributed by atoms with Crippen LogP contribution in [0, 0.1) is 0 Å². The van der Waals surface area contributed by atoms with E-state index in [2.05, 4.69) is 15.4 Å². The van der Waals surface area contributed by atoms with E-state index < -0.39 is 22.5 Å². The minimum atomic E-state index is -3.88. The van der Waals surface area contributed by atoms with E-state index in [4.69, 9.17) is 4.74 Å². The fourth-order valence-electron chi connectivity index (χ4n) is 2.56. The maximum Gasteiger partial charge on any atom is 0.241 e. The summed E-state index contributed by atoms with van der Waals surface area (Å²) < 4.78 is 32.1. The number of carbonyl (C=O) groups excluding carboxylic acids is 2. The third-order valence-corrected chi connectivity index (χ3v) is 5.21. The Morgan fingerprint density at radius 1 is 1.23 bits per heavy atom. The molecule has 2 aromatic rings. The van der Waals surface area contributed by atoms with Crippen molar-refractivity contribution < 1.29 is 22.7 Å². The highest BCUT2D eigenvalue weighted by Crippen LogP contribution is 2.26. The molecule has 1 heterocycles. The highest BCUT2D eigenvalue weighted by atomic mass is 32.2. The summed E-state index contributed by atoms with van der Waals surface area (Å²) in [5.41, 5.74) is 1.65. The van der Waals surface area contributed by atoms with Crippen LogP contribution in [0.5, 0.6) is 5.75 Å². The Hall–Kier alpha value is -2.91. The monoisotopic (exact) mass is 375 g/mol. The van der Waals surface area contributed by atoms with E-state index in [0.717, 1.165) is 0 Å². The third kappa shape index (κ3) is 3.84. The van der Waals surface area contributed by atoms with E-state index in [1.807, 2.05) is 0 Å². The van der Waals surface area contributed by atoms with E-state index in [-0.39, 0.29) is 17.2 Å². The molecule has 136 valence electrons. The fraction of sp³-hybridized carbons (Fsp3) is 0.176. The van der Waals surface area contributed by atoms with E-state index in [1.165, 1.54) is 25.3 Å². The van der Waals surface area contributed by atoms with Crippen LogP contribution in [0.15, 0.2) is 47.4 Å². The normalized spacial score (nSPS) is 13.0. The molecule has 3 N–H and O–H groups in total. The summed E-state index contributed by atoms with van der Waals surface area (Å²) in [6.07, 6.45) is 0.132. The molecule has 8 nitrogen and oxygen atoms in total. The Labute approximate surface area is 150 Å². The summed E-state index contributed by atoms with van der Waals surface area (Å²) in [6, 6.07) is 11.1. The zero-order chi connectivity index (χ0) is 18.7. The SMILES string of the molecule is COc1ccccc1NC(=O)CNS(=O)(=O)c1ccc2c(c1)CC(=O)N2. The first-order valence-corrected chi connectivity index (χ1v) is 9.22. The van der Waals surface area contributed by atoms with Crippen molar-refractivity contribution in [2.24, 2.45) is 0 Å². The maximum atomic E-state index is 12.4. The van der Waals surface area contributed by atoms with Gasteiger partial charge in [0.05, 0.1) is 30.7 Å². The largest absolute Gasteiger partial charge is 0.495 e. The van der Waals surface area contributed by atoms with Gasteiger partial charge in [-0.2, -0.15) is 0 Å². The van der Waals surface area contributed by atoms with Gasteiger partial charge in [-0.25, -0.2) is 13.1 Å². The van der Waals surface area contributed by atoms with Crippen molar-refractivity contribution >= 4 is 33.2 Å². The molecule has 2 amide bonds. The number of fused-ring (bicyclic) bond motifs is 1. The molecule has 0 saturated heterocycles. The van der Waals surface area contributed by atoms with Crippen molar-refractivity contribution in [3.63, 3.8) is 0 Å². The maximum absolute atomic E-state index is 12.4. The van der Waals surface area contributed by atoms with Gasteiger partial charge in [0.2, 0.25) is 21.8 Å². The lowest BCUT2D eigenvalue weighted by Gasteiger charge is -2.11. The molecule has 0 spiro atoms. The number of rotatable bonds is 6. The summed E-state index contributed by atoms with van der Waals surface area (Å²) in [6.45, 7) is -0.436. The third-order valence-electron chi connectivity index (χ3n) is 3.82. The molecule has 2 aromatic carbocycles. The molecule has 0 atom stereocenters. The second-order valence-electron chi connectivity index (χ2n) is 5.62. The van der Waals surface area contributed by atoms with E-state index >= 15 is 0 Å². The van der Waals surface area contributed by atoms with Crippen LogP contribution in [-0.4, -0.2) is 33.9 Å². The molecule has 0 bridgehead atoms. The van der Waals surface area contributed by atoms with Gasteiger partial charge < -0.3 is 15.4 Å². The van der Waals surface area contributed by atoms with Crippen molar-refractivity contribution in [2.45, 2.75) is 11.3 Å². The molecule has 0 radical (unpaired) electrons. The molecule has 0 aromatic heterocycles. The molecule has 1 aliphatic rings.